The zero-order valence-corrected chi connectivity index (χ0v) is 13.3. The molecule has 2 rings (SSSR count). The normalized spacial score (nSPS) is 21.9. The summed E-state index contributed by atoms with van der Waals surface area (Å²) in [6.07, 6.45) is 0. The largest absolute Gasteiger partial charge is 0.366 e. The van der Waals surface area contributed by atoms with Gasteiger partial charge in [-0.25, -0.2) is 0 Å². The molecule has 0 spiro atoms. The van der Waals surface area contributed by atoms with E-state index in [1.54, 1.807) is 0 Å². The molecular formula is C15H22BrNO. The second-order valence-electron chi connectivity index (χ2n) is 6.28. The summed E-state index contributed by atoms with van der Waals surface area (Å²) < 4.78 is 6.11. The summed E-state index contributed by atoms with van der Waals surface area (Å²) in [5.41, 5.74) is 2.39. The van der Waals surface area contributed by atoms with Gasteiger partial charge in [0.2, 0.25) is 0 Å². The van der Waals surface area contributed by atoms with E-state index in [4.69, 9.17) is 4.74 Å². The number of hydrogen-bond donors (Lipinski definition) is 0. The standard InChI is InChI=1S/C15H22BrNO/c1-14(2)10-17(11-15(3,4)18-14)13-7-5-12(9-16)6-8-13/h5-8H,9-11H2,1-4H3. The molecule has 1 aromatic carbocycles. The van der Waals surface area contributed by atoms with Gasteiger partial charge in [-0.15, -0.1) is 0 Å². The van der Waals surface area contributed by atoms with Crippen LogP contribution in [-0.2, 0) is 10.1 Å². The van der Waals surface area contributed by atoms with Crippen LogP contribution in [0.4, 0.5) is 5.69 Å². The molecule has 0 bridgehead atoms. The Morgan fingerprint density at radius 3 is 2.00 bits per heavy atom. The Bertz CT molecular complexity index is 395. The lowest BCUT2D eigenvalue weighted by Crippen LogP contribution is -2.57. The lowest BCUT2D eigenvalue weighted by atomic mass is 9.98. The lowest BCUT2D eigenvalue weighted by molar-refractivity contribution is -0.133. The molecule has 1 saturated heterocycles. The van der Waals surface area contributed by atoms with Crippen LogP contribution in [0.1, 0.15) is 33.3 Å². The van der Waals surface area contributed by atoms with E-state index in [-0.39, 0.29) is 11.2 Å². The number of halogens is 1. The quantitative estimate of drug-likeness (QED) is 0.766. The van der Waals surface area contributed by atoms with E-state index in [2.05, 4.69) is 72.8 Å². The summed E-state index contributed by atoms with van der Waals surface area (Å²) in [7, 11) is 0. The number of nitrogens with zero attached hydrogens (tertiary/aromatic N) is 1. The molecule has 1 heterocycles. The zero-order valence-electron chi connectivity index (χ0n) is 11.7. The van der Waals surface area contributed by atoms with Crippen molar-refractivity contribution < 1.29 is 4.74 Å². The molecule has 1 fully saturated rings. The van der Waals surface area contributed by atoms with Gasteiger partial charge in [0.25, 0.3) is 0 Å². The van der Waals surface area contributed by atoms with Crippen molar-refractivity contribution in [1.82, 2.24) is 0 Å². The Kier molecular flexibility index (Phi) is 3.75. The molecule has 18 heavy (non-hydrogen) atoms. The van der Waals surface area contributed by atoms with Crippen LogP contribution in [-0.4, -0.2) is 24.3 Å². The number of alkyl halides is 1. The van der Waals surface area contributed by atoms with Crippen molar-refractivity contribution >= 4 is 21.6 Å². The number of anilines is 1. The average Bonchev–Trinajstić information content (AvgIpc) is 2.25. The third-order valence-electron chi connectivity index (χ3n) is 3.15. The smallest absolute Gasteiger partial charge is 0.0808 e. The molecule has 2 nitrogen and oxygen atoms in total. The van der Waals surface area contributed by atoms with Crippen LogP contribution in [0.3, 0.4) is 0 Å². The van der Waals surface area contributed by atoms with Gasteiger partial charge in [-0.1, -0.05) is 28.1 Å². The fourth-order valence-corrected chi connectivity index (χ4v) is 3.14. The highest BCUT2D eigenvalue weighted by Gasteiger charge is 2.38. The molecule has 0 unspecified atom stereocenters. The maximum absolute atomic E-state index is 6.11. The number of rotatable bonds is 2. The van der Waals surface area contributed by atoms with E-state index in [1.165, 1.54) is 11.3 Å². The van der Waals surface area contributed by atoms with Gasteiger partial charge in [-0.3, -0.25) is 0 Å². The van der Waals surface area contributed by atoms with Gasteiger partial charge in [0.15, 0.2) is 0 Å². The predicted octanol–water partition coefficient (Wildman–Crippen LogP) is 3.98. The first-order chi connectivity index (χ1) is 8.31. The topological polar surface area (TPSA) is 12.5 Å². The third-order valence-corrected chi connectivity index (χ3v) is 3.80. The van der Waals surface area contributed by atoms with Crippen molar-refractivity contribution in [2.75, 3.05) is 18.0 Å². The van der Waals surface area contributed by atoms with Crippen molar-refractivity contribution in [3.63, 3.8) is 0 Å². The van der Waals surface area contributed by atoms with Crippen LogP contribution in [0, 0.1) is 0 Å². The molecule has 3 heteroatoms. The third kappa shape index (κ3) is 3.27. The van der Waals surface area contributed by atoms with Crippen molar-refractivity contribution in [2.45, 2.75) is 44.2 Å². The number of morpholine rings is 1. The van der Waals surface area contributed by atoms with Gasteiger partial charge >= 0.3 is 0 Å². The van der Waals surface area contributed by atoms with Crippen LogP contribution in [0.25, 0.3) is 0 Å². The van der Waals surface area contributed by atoms with Crippen LogP contribution in [0.15, 0.2) is 24.3 Å². The highest BCUT2D eigenvalue weighted by Crippen LogP contribution is 2.31. The second-order valence-corrected chi connectivity index (χ2v) is 6.84. The van der Waals surface area contributed by atoms with Crippen LogP contribution in [0.2, 0.25) is 0 Å². The van der Waals surface area contributed by atoms with Gasteiger partial charge in [-0.05, 0) is 45.4 Å². The van der Waals surface area contributed by atoms with Crippen molar-refractivity contribution in [2.24, 2.45) is 0 Å². The predicted molar refractivity (Wildman–Crippen MR) is 80.5 cm³/mol. The molecule has 0 atom stereocenters. The van der Waals surface area contributed by atoms with Crippen molar-refractivity contribution in [3.05, 3.63) is 29.8 Å². The van der Waals surface area contributed by atoms with Gasteiger partial charge in [-0.2, -0.15) is 0 Å². The first kappa shape index (κ1) is 13.9. The van der Waals surface area contributed by atoms with Gasteiger partial charge in [0.1, 0.15) is 0 Å². The van der Waals surface area contributed by atoms with Crippen LogP contribution < -0.4 is 4.90 Å². The molecule has 0 radical (unpaired) electrons. The summed E-state index contributed by atoms with van der Waals surface area (Å²) >= 11 is 3.48. The van der Waals surface area contributed by atoms with Gasteiger partial charge in [0, 0.05) is 24.1 Å². The Labute approximate surface area is 118 Å². The molecule has 0 aliphatic carbocycles. The summed E-state index contributed by atoms with van der Waals surface area (Å²) in [6, 6.07) is 8.77. The fraction of sp³-hybridized carbons (Fsp3) is 0.600. The minimum atomic E-state index is -0.101. The van der Waals surface area contributed by atoms with E-state index in [0.717, 1.165) is 18.4 Å². The molecule has 0 N–H and O–H groups in total. The maximum atomic E-state index is 6.11. The van der Waals surface area contributed by atoms with E-state index >= 15 is 0 Å². The highest BCUT2D eigenvalue weighted by molar-refractivity contribution is 9.08. The number of benzene rings is 1. The number of ether oxygens (including phenoxy) is 1. The van der Waals surface area contributed by atoms with E-state index in [1.807, 2.05) is 0 Å². The van der Waals surface area contributed by atoms with Crippen LogP contribution in [0.5, 0.6) is 0 Å². The monoisotopic (exact) mass is 311 g/mol. The van der Waals surface area contributed by atoms with Crippen LogP contribution >= 0.6 is 15.9 Å². The molecule has 1 aromatic rings. The maximum Gasteiger partial charge on any atom is 0.0808 e. The average molecular weight is 312 g/mol. The molecule has 0 saturated carbocycles. The minimum Gasteiger partial charge on any atom is -0.366 e. The first-order valence-electron chi connectivity index (χ1n) is 6.41. The molecule has 100 valence electrons. The molecular weight excluding hydrogens is 290 g/mol. The summed E-state index contributed by atoms with van der Waals surface area (Å²) in [5, 5.41) is 0.910. The first-order valence-corrected chi connectivity index (χ1v) is 7.54. The van der Waals surface area contributed by atoms with E-state index in [0.29, 0.717) is 0 Å². The van der Waals surface area contributed by atoms with E-state index in [9.17, 15) is 0 Å². The van der Waals surface area contributed by atoms with Crippen molar-refractivity contribution in [3.8, 4) is 0 Å². The Balaban J connectivity index is 2.21. The summed E-state index contributed by atoms with van der Waals surface area (Å²) in [5.74, 6) is 0. The Morgan fingerprint density at radius 2 is 1.56 bits per heavy atom. The summed E-state index contributed by atoms with van der Waals surface area (Å²) in [6.45, 7) is 10.5. The fourth-order valence-electron chi connectivity index (χ4n) is 2.77. The van der Waals surface area contributed by atoms with E-state index < -0.39 is 0 Å². The minimum absolute atomic E-state index is 0.101. The van der Waals surface area contributed by atoms with Gasteiger partial charge < -0.3 is 9.64 Å². The highest BCUT2D eigenvalue weighted by atomic mass is 79.9. The summed E-state index contributed by atoms with van der Waals surface area (Å²) in [4.78, 5) is 2.42. The van der Waals surface area contributed by atoms with Gasteiger partial charge in [0.05, 0.1) is 11.2 Å². The molecule has 0 aromatic heterocycles. The zero-order chi connectivity index (χ0) is 13.4. The number of hydrogen-bond acceptors (Lipinski definition) is 2. The SMILES string of the molecule is CC1(C)CN(c2ccc(CBr)cc2)CC(C)(C)O1. The molecule has 0 amide bonds. The second kappa shape index (κ2) is 4.86. The lowest BCUT2D eigenvalue weighted by Gasteiger charge is -2.48. The Morgan fingerprint density at radius 1 is 1.06 bits per heavy atom. The Hall–Kier alpha value is -0.540. The molecule has 1 aliphatic heterocycles. The molecule has 1 aliphatic rings. The van der Waals surface area contributed by atoms with Crippen molar-refractivity contribution in [1.29, 1.82) is 0 Å².